The first kappa shape index (κ1) is 26.4. The van der Waals surface area contributed by atoms with Gasteiger partial charge < -0.3 is 9.84 Å². The van der Waals surface area contributed by atoms with Gasteiger partial charge in [-0.3, -0.25) is 0 Å². The third kappa shape index (κ3) is 1.38. The van der Waals surface area contributed by atoms with Crippen molar-refractivity contribution >= 4 is 297 Å². The summed E-state index contributed by atoms with van der Waals surface area (Å²) in [5.74, 6) is -0.345. The van der Waals surface area contributed by atoms with Gasteiger partial charge in [0.25, 0.3) is 0 Å². The highest BCUT2D eigenvalue weighted by Gasteiger charge is 2.71. The molecule has 1 N–H and O–H groups in total. The Hall–Kier alpha value is -8.37. The van der Waals surface area contributed by atoms with Crippen LogP contribution in [0, 0.1) is 0 Å². The number of rotatable bonds is 2. The average molecular weight is 863 g/mol. The molecule has 1 atom stereocenters. The molecule has 296 valence electrons. The third-order valence-corrected chi connectivity index (χ3v) is 25.3. The maximum absolute atomic E-state index is 14.8. The lowest BCUT2D eigenvalue weighted by atomic mass is 9.44. The lowest BCUT2D eigenvalue weighted by molar-refractivity contribution is -0.140. The molecule has 28 aromatic carbocycles. The Morgan fingerprint density at radius 2 is 0.543 bits per heavy atom. The molecule has 3 nitrogen and oxygen atoms in total. The lowest BCUT2D eigenvalue weighted by Crippen LogP contribution is -2.56. The zero-order valence-corrected chi connectivity index (χ0v) is 35.8. The van der Waals surface area contributed by atoms with Crippen molar-refractivity contribution < 1.29 is 14.6 Å². The Balaban J connectivity index is 1.20. The number of hydrogen-bond donors (Lipinski definition) is 1. The van der Waals surface area contributed by atoms with Crippen molar-refractivity contribution in [2.75, 3.05) is 6.61 Å². The summed E-state index contributed by atoms with van der Waals surface area (Å²) in [5, 5.41) is 97.5. The fourth-order valence-corrected chi connectivity index (χ4v) is 25.2. The summed E-state index contributed by atoms with van der Waals surface area (Å²) >= 11 is 0. The Morgan fingerprint density at radius 3 is 0.743 bits per heavy atom. The van der Waals surface area contributed by atoms with Gasteiger partial charge in [-0.25, -0.2) is 4.79 Å². The minimum atomic E-state index is -0.964. The van der Waals surface area contributed by atoms with Gasteiger partial charge in [-0.1, -0.05) is 6.08 Å². The van der Waals surface area contributed by atoms with Gasteiger partial charge >= 0.3 is 5.97 Å². The quantitative estimate of drug-likeness (QED) is 0.139. The minimum absolute atomic E-state index is 0.284. The first-order valence-corrected chi connectivity index (χ1v) is 26.0. The van der Waals surface area contributed by atoms with E-state index >= 15 is 0 Å². The van der Waals surface area contributed by atoms with Crippen molar-refractivity contribution in [1.82, 2.24) is 0 Å². The van der Waals surface area contributed by atoms with Crippen LogP contribution in [0.15, 0.2) is 11.6 Å². The zero-order chi connectivity index (χ0) is 42.0. The summed E-state index contributed by atoms with van der Waals surface area (Å²) in [6.07, 6.45) is 1.94. The number of allylic oxidation sites excluding steroid dienone is 1. The van der Waals surface area contributed by atoms with Gasteiger partial charge in [-0.2, -0.15) is 0 Å². The number of benzene rings is 18. The molecular formula is C67H10O3. The predicted molar refractivity (Wildman–Crippen MR) is 289 cm³/mol. The summed E-state index contributed by atoms with van der Waals surface area (Å²) in [5.41, 5.74) is 5.15. The lowest BCUT2D eigenvalue weighted by Gasteiger charge is -2.56. The van der Waals surface area contributed by atoms with Crippen LogP contribution in [0.3, 0.4) is 0 Å². The van der Waals surface area contributed by atoms with Crippen molar-refractivity contribution in [3.8, 4) is 0 Å². The molecule has 0 heterocycles. The van der Waals surface area contributed by atoms with Gasteiger partial charge in [-0.15, -0.1) is 0 Å². The van der Waals surface area contributed by atoms with Crippen LogP contribution in [-0.4, -0.2) is 23.8 Å². The predicted octanol–water partition coefficient (Wildman–Crippen LogP) is 16.5. The van der Waals surface area contributed by atoms with Gasteiger partial charge in [0.05, 0.1) is 23.7 Å². The maximum atomic E-state index is 14.8. The molecule has 0 fully saturated rings. The summed E-state index contributed by atoms with van der Waals surface area (Å²) in [4.78, 5) is 14.8. The molecule has 0 radical (unpaired) electrons. The maximum Gasteiger partial charge on any atom is 0.336 e. The Kier molecular flexibility index (Phi) is 2.24. The molecule has 0 aliphatic heterocycles. The molecule has 33 rings (SSSR count). The molecule has 0 aromatic heterocycles. The van der Waals surface area contributed by atoms with Crippen LogP contribution in [-0.2, 0) is 20.4 Å². The van der Waals surface area contributed by atoms with E-state index < -0.39 is 16.9 Å². The molecule has 70 heavy (non-hydrogen) atoms. The monoisotopic (exact) mass is 862 g/mol. The first-order chi connectivity index (χ1) is 34.7. The van der Waals surface area contributed by atoms with Gasteiger partial charge in [0.1, 0.15) is 0 Å². The van der Waals surface area contributed by atoms with Gasteiger partial charge in [0.15, 0.2) is 0 Å². The normalized spacial score (nSPS) is 23.7. The fraction of sp³-hybridized carbons (Fsp3) is 0.0896. The summed E-state index contributed by atoms with van der Waals surface area (Å²) < 4.78 is 6.06. The third-order valence-electron chi connectivity index (χ3n) is 25.3. The van der Waals surface area contributed by atoms with E-state index in [9.17, 15) is 9.90 Å². The highest BCUT2D eigenvalue weighted by Crippen LogP contribution is 2.85. The molecule has 2 spiro atoms. The average Bonchev–Trinajstić information content (AvgIpc) is 4.40. The Labute approximate surface area is 380 Å². The summed E-state index contributed by atoms with van der Waals surface area (Å²) in [7, 11) is 0. The summed E-state index contributed by atoms with van der Waals surface area (Å²) in [6, 6.07) is 0. The second-order valence-electron chi connectivity index (χ2n) is 25.5. The van der Waals surface area contributed by atoms with E-state index in [0.29, 0.717) is 12.0 Å². The highest BCUT2D eigenvalue weighted by molar-refractivity contribution is 6.82. The van der Waals surface area contributed by atoms with Crippen LogP contribution in [0.25, 0.3) is 291 Å². The molecule has 5 aliphatic rings. The van der Waals surface area contributed by atoms with Crippen LogP contribution in [0.2, 0.25) is 0 Å². The SMILES string of the molecule is CCOC(=O)C1=CC23c4c5c6c7c8c9c(c%10c%11c2c2c4c4c%12c5c5c6c6c8c8c%13c9c9c%10c%10c%11c%11c2c2c4c4c%12c%12c5c5c6c8c6c8c%13c9c9c%10c%10c%11c2c2c4c4c%12c5c6c5c8c9c%10c2c45)C73CC1O. The highest BCUT2D eigenvalue weighted by atomic mass is 16.5. The molecule has 1 unspecified atom stereocenters. The molecule has 5 aliphatic carbocycles. The van der Waals surface area contributed by atoms with Crippen molar-refractivity contribution in [2.45, 2.75) is 30.3 Å². The molecular weight excluding hydrogens is 853 g/mol. The Bertz CT molecular complexity index is 7080. The standard InChI is InChI=1S/C67H10O3/c1-2-70-65(69)5-3-66-61-53-45-35-25-17-9-7-8-11-15-13(9)21-29-23(15)33-27-19(11)20-12(8)16-14-10(7)18(17)26-32-22(14)30-24(16)34-28(20)38-37(27)47-41(33)51-43(29)49(39(45)31(21)25)55(61)59(51)63-57(47)58-48(38)42(34)52-44(30)50-40(32)46(36(26)35)54(53)62(66)56(50)60(52)64(58)67(63,66)4-6(5)68/h3,6,68H,2,4H2,1H3. The van der Waals surface area contributed by atoms with E-state index in [1.165, 1.54) is 108 Å². The van der Waals surface area contributed by atoms with Crippen molar-refractivity contribution in [2.24, 2.45) is 0 Å². The number of aliphatic hydroxyl groups is 1. The van der Waals surface area contributed by atoms with Crippen molar-refractivity contribution in [3.63, 3.8) is 0 Å². The number of carbonyl (C=O) groups excluding carboxylic acids is 1. The molecule has 0 saturated carbocycles. The van der Waals surface area contributed by atoms with E-state index in [0.717, 1.165) is 0 Å². The van der Waals surface area contributed by atoms with Crippen LogP contribution < -0.4 is 0 Å². The first-order valence-electron chi connectivity index (χ1n) is 26.0. The van der Waals surface area contributed by atoms with E-state index in [4.69, 9.17) is 4.74 Å². The number of carbonyl (C=O) groups is 1. The van der Waals surface area contributed by atoms with E-state index in [1.54, 1.807) is 205 Å². The largest absolute Gasteiger partial charge is 0.463 e. The second kappa shape index (κ2) is 5.93. The number of aliphatic hydroxyl groups excluding tert-OH is 1. The molecule has 0 saturated heterocycles. The number of ether oxygens (including phenoxy) is 1. The van der Waals surface area contributed by atoms with Crippen LogP contribution in [0.1, 0.15) is 35.6 Å². The van der Waals surface area contributed by atoms with Crippen LogP contribution in [0.4, 0.5) is 0 Å². The van der Waals surface area contributed by atoms with Gasteiger partial charge in [-0.05, 0) is 326 Å². The molecule has 3 heteroatoms. The molecule has 0 amide bonds. The van der Waals surface area contributed by atoms with E-state index in [-0.39, 0.29) is 12.6 Å². The van der Waals surface area contributed by atoms with Gasteiger partial charge in [0, 0.05) is 5.41 Å². The zero-order valence-electron chi connectivity index (χ0n) is 35.8. The topological polar surface area (TPSA) is 46.5 Å². The second-order valence-corrected chi connectivity index (χ2v) is 25.5. The van der Waals surface area contributed by atoms with Crippen molar-refractivity contribution in [1.29, 1.82) is 0 Å². The summed E-state index contributed by atoms with van der Waals surface area (Å²) in [6.45, 7) is 2.20. The molecule has 0 bridgehead atoms. The Morgan fingerprint density at radius 1 is 0.357 bits per heavy atom. The van der Waals surface area contributed by atoms with Crippen LogP contribution >= 0.6 is 0 Å². The van der Waals surface area contributed by atoms with Crippen LogP contribution in [0.5, 0.6) is 0 Å². The molecule has 28 aromatic rings. The minimum Gasteiger partial charge on any atom is -0.463 e. The van der Waals surface area contributed by atoms with Gasteiger partial charge in [0.2, 0.25) is 0 Å². The van der Waals surface area contributed by atoms with E-state index in [1.807, 2.05) is 6.92 Å². The fourth-order valence-electron chi connectivity index (χ4n) is 25.2. The van der Waals surface area contributed by atoms with Crippen molar-refractivity contribution in [3.05, 3.63) is 33.9 Å². The number of hydrogen-bond acceptors (Lipinski definition) is 3. The van der Waals surface area contributed by atoms with E-state index in [2.05, 4.69) is 6.08 Å². The number of esters is 1. The smallest absolute Gasteiger partial charge is 0.336 e.